The highest BCUT2D eigenvalue weighted by molar-refractivity contribution is 5.87. The lowest BCUT2D eigenvalue weighted by Crippen LogP contribution is -2.63. The quantitative estimate of drug-likeness (QED) is 0.0430. The standard InChI is InChI=1S/C47H51F10N11O8/c1-44(2,46(52,53)54)36(62-43(75)76-6)38(71)60-33(17-26-10-7-25(8-11-26)9-12-27-20-58-41(59-21-27)66-16-15-65(5)35(70)24-66)34(69)23-67(64-39(72)37(61-42(73)74)45(3,4)47(55,56)57)22-29-30(48)18-28(19-31(29)49)32-13-14-68(63-32)40(50)51/h7-8,10-11,13-14,18-21,33-34,36-37,40,61,69H,15-17,22-24H2,1-6H3,(H,60,71)(H,62,75)(H,64,72)(H,73,74)/t33-,34-,36+,37+/m0/s1. The van der Waals surface area contributed by atoms with Crippen LogP contribution >= 0.6 is 0 Å². The number of hydrazine groups is 1. The van der Waals surface area contributed by atoms with E-state index in [1.165, 1.54) is 42.0 Å². The zero-order valence-corrected chi connectivity index (χ0v) is 41.2. The van der Waals surface area contributed by atoms with E-state index in [4.69, 9.17) is 0 Å². The second-order valence-corrected chi connectivity index (χ2v) is 18.5. The summed E-state index contributed by atoms with van der Waals surface area (Å²) in [4.78, 5) is 75.8. The van der Waals surface area contributed by atoms with Gasteiger partial charge in [0.25, 0.3) is 5.91 Å². The second-order valence-electron chi connectivity index (χ2n) is 18.5. The number of likely N-dealkylation sites (N-methyl/N-ethyl adjacent to an activating group) is 1. The van der Waals surface area contributed by atoms with E-state index in [0.29, 0.717) is 75.0 Å². The Labute approximate surface area is 426 Å². The number of hydrogen-bond acceptors (Lipinski definition) is 12. The Balaban J connectivity index is 1.52. The van der Waals surface area contributed by atoms with Crippen LogP contribution in [0.3, 0.4) is 0 Å². The van der Waals surface area contributed by atoms with Crippen LogP contribution in [0.5, 0.6) is 0 Å². The molecule has 0 aliphatic carbocycles. The molecule has 2 aromatic heterocycles. The number of benzene rings is 2. The normalized spacial score (nSPS) is 15.1. The minimum absolute atomic E-state index is 0.0799. The van der Waals surface area contributed by atoms with Gasteiger partial charge in [0.05, 0.1) is 47.9 Å². The van der Waals surface area contributed by atoms with E-state index in [1.54, 1.807) is 16.8 Å². The number of nitrogens with one attached hydrogen (secondary N) is 4. The van der Waals surface area contributed by atoms with Crippen molar-refractivity contribution in [2.75, 3.05) is 45.2 Å². The van der Waals surface area contributed by atoms with E-state index in [1.807, 2.05) is 10.7 Å². The maximum Gasteiger partial charge on any atom is 0.407 e. The molecule has 1 aliphatic rings. The molecule has 29 heteroatoms. The van der Waals surface area contributed by atoms with Gasteiger partial charge in [0.2, 0.25) is 17.8 Å². The van der Waals surface area contributed by atoms with Gasteiger partial charge >= 0.3 is 31.1 Å². The topological polar surface area (TPSA) is 236 Å². The number of methoxy groups -OCH3 is 1. The van der Waals surface area contributed by atoms with Crippen molar-refractivity contribution in [2.45, 2.75) is 83.8 Å². The molecular weight excluding hydrogens is 1040 g/mol. The first-order chi connectivity index (χ1) is 35.3. The molecule has 1 saturated heterocycles. The van der Waals surface area contributed by atoms with Crippen molar-refractivity contribution in [3.63, 3.8) is 0 Å². The Hall–Kier alpha value is -7.74. The van der Waals surface area contributed by atoms with Gasteiger partial charge in [-0.15, -0.1) is 0 Å². The van der Waals surface area contributed by atoms with Gasteiger partial charge in [-0.25, -0.2) is 38.0 Å². The molecule has 4 aromatic rings. The summed E-state index contributed by atoms with van der Waals surface area (Å²) in [7, 11) is 2.47. The number of nitrogens with zero attached hydrogens (tertiary/aromatic N) is 7. The van der Waals surface area contributed by atoms with Crippen LogP contribution in [0, 0.1) is 34.3 Å². The van der Waals surface area contributed by atoms with Crippen molar-refractivity contribution >= 4 is 35.9 Å². The number of hydrogen-bond donors (Lipinski definition) is 6. The molecule has 0 saturated carbocycles. The lowest BCUT2D eigenvalue weighted by atomic mass is 9.82. The Morgan fingerprint density at radius 1 is 0.829 bits per heavy atom. The highest BCUT2D eigenvalue weighted by atomic mass is 19.4. The molecule has 76 heavy (non-hydrogen) atoms. The average Bonchev–Trinajstić information content (AvgIpc) is 3.84. The molecule has 0 bridgehead atoms. The van der Waals surface area contributed by atoms with E-state index in [2.05, 4.69) is 37.0 Å². The molecule has 6 N–H and O–H groups in total. The number of ether oxygens (including phenoxy) is 1. The molecule has 0 unspecified atom stereocenters. The third-order valence-electron chi connectivity index (χ3n) is 12.3. The lowest BCUT2D eigenvalue weighted by molar-refractivity contribution is -0.221. The summed E-state index contributed by atoms with van der Waals surface area (Å²) in [5.74, 6) is -0.375. The van der Waals surface area contributed by atoms with Gasteiger partial charge in [0.15, 0.2) is 0 Å². The van der Waals surface area contributed by atoms with Crippen molar-refractivity contribution in [3.05, 3.63) is 94.9 Å². The summed E-state index contributed by atoms with van der Waals surface area (Å²) >= 11 is 0. The fourth-order valence-electron chi connectivity index (χ4n) is 7.34. The summed E-state index contributed by atoms with van der Waals surface area (Å²) in [6.07, 6.45) is -13.2. The molecule has 1 fully saturated rings. The first-order valence-corrected chi connectivity index (χ1v) is 22.6. The van der Waals surface area contributed by atoms with Crippen LogP contribution in [0.4, 0.5) is 59.4 Å². The van der Waals surface area contributed by atoms with Gasteiger partial charge in [0, 0.05) is 68.5 Å². The molecule has 2 aromatic carbocycles. The highest BCUT2D eigenvalue weighted by Gasteiger charge is 2.57. The predicted octanol–water partition coefficient (Wildman–Crippen LogP) is 5.15. The van der Waals surface area contributed by atoms with E-state index < -0.39 is 115 Å². The molecule has 0 radical (unpaired) electrons. The maximum atomic E-state index is 15.9. The van der Waals surface area contributed by atoms with E-state index in [0.717, 1.165) is 19.4 Å². The van der Waals surface area contributed by atoms with Gasteiger partial charge in [-0.3, -0.25) is 19.8 Å². The zero-order valence-electron chi connectivity index (χ0n) is 41.2. The molecule has 5 amide bonds. The van der Waals surface area contributed by atoms with E-state index in [-0.39, 0.29) is 34.0 Å². The number of halogens is 10. The second kappa shape index (κ2) is 23.9. The first kappa shape index (κ1) is 59.1. The van der Waals surface area contributed by atoms with Crippen LogP contribution in [0.1, 0.15) is 56.5 Å². The van der Waals surface area contributed by atoms with Crippen LogP contribution in [0.15, 0.2) is 61.1 Å². The number of aliphatic hydroxyl groups excluding tert-OH is 1. The number of piperazine rings is 1. The zero-order chi connectivity index (χ0) is 56.7. The Bertz CT molecular complexity index is 2780. The number of alkyl carbamates (subject to hydrolysis) is 1. The van der Waals surface area contributed by atoms with Crippen LogP contribution in [-0.2, 0) is 32.1 Å². The van der Waals surface area contributed by atoms with Gasteiger partial charge in [0.1, 0.15) is 23.7 Å². The summed E-state index contributed by atoms with van der Waals surface area (Å²) < 4.78 is 149. The minimum atomic E-state index is -5.29. The first-order valence-electron chi connectivity index (χ1n) is 22.6. The number of aliphatic hydroxyl groups is 1. The monoisotopic (exact) mass is 1090 g/mol. The minimum Gasteiger partial charge on any atom is -0.465 e. The summed E-state index contributed by atoms with van der Waals surface area (Å²) in [6, 6.07) is 0.997. The van der Waals surface area contributed by atoms with Crippen LogP contribution < -0.4 is 26.3 Å². The van der Waals surface area contributed by atoms with Gasteiger partial charge < -0.3 is 40.7 Å². The smallest absolute Gasteiger partial charge is 0.407 e. The lowest BCUT2D eigenvalue weighted by Gasteiger charge is -2.38. The van der Waals surface area contributed by atoms with Crippen molar-refractivity contribution in [2.24, 2.45) is 10.8 Å². The highest BCUT2D eigenvalue weighted by Crippen LogP contribution is 2.42. The third-order valence-corrected chi connectivity index (χ3v) is 12.3. The van der Waals surface area contributed by atoms with E-state index in [9.17, 15) is 69.3 Å². The van der Waals surface area contributed by atoms with Crippen molar-refractivity contribution in [1.29, 1.82) is 0 Å². The van der Waals surface area contributed by atoms with Gasteiger partial charge in [-0.2, -0.15) is 40.2 Å². The summed E-state index contributed by atoms with van der Waals surface area (Å²) in [6.45, 7) is -2.43. The fraction of sp³-hybridized carbons (Fsp3) is 0.447. The summed E-state index contributed by atoms with van der Waals surface area (Å²) in [5.41, 5.74) is -5.09. The third kappa shape index (κ3) is 14.6. The molecule has 1 aliphatic heterocycles. The van der Waals surface area contributed by atoms with Crippen molar-refractivity contribution in [3.8, 4) is 23.1 Å². The van der Waals surface area contributed by atoms with Crippen LogP contribution in [0.25, 0.3) is 11.3 Å². The van der Waals surface area contributed by atoms with Crippen molar-refractivity contribution < 1.29 is 82.8 Å². The van der Waals surface area contributed by atoms with Crippen LogP contribution in [-0.4, -0.2) is 147 Å². The number of rotatable bonds is 18. The molecular formula is C47H51F10N11O8. The van der Waals surface area contributed by atoms with E-state index >= 15 is 8.78 Å². The van der Waals surface area contributed by atoms with Gasteiger partial charge in [-0.05, 0) is 70.0 Å². The maximum absolute atomic E-state index is 15.9. The molecule has 412 valence electrons. The number of carbonyl (C=O) groups excluding carboxylic acids is 4. The SMILES string of the molecule is COC(=O)N[C@H](C(=O)N[C@@H](Cc1ccc(C#Cc2cnc(N3CCN(C)C(=O)C3)nc2)cc1)[C@@H](O)CN(Cc1c(F)cc(-c2ccn(C(F)F)n2)cc1F)NC(=O)[C@@H](NC(=O)O)C(C)(C)C(F)(F)F)C(C)(C)C(F)(F)F. The number of amides is 5. The molecule has 3 heterocycles. The number of carboxylic acid groups (broad SMARTS) is 1. The Morgan fingerprint density at radius 2 is 1.39 bits per heavy atom. The fourth-order valence-corrected chi connectivity index (χ4v) is 7.34. The predicted molar refractivity (Wildman–Crippen MR) is 247 cm³/mol. The molecule has 4 atom stereocenters. The average molecular weight is 1090 g/mol. The number of alkyl halides is 8. The molecule has 5 rings (SSSR count). The Kier molecular flexibility index (Phi) is 18.6. The molecule has 0 spiro atoms. The number of aromatic nitrogens is 4. The Morgan fingerprint density at radius 3 is 1.91 bits per heavy atom. The molecule has 19 nitrogen and oxygen atoms in total. The van der Waals surface area contributed by atoms with Crippen LogP contribution in [0.2, 0.25) is 0 Å². The largest absolute Gasteiger partial charge is 0.465 e. The van der Waals surface area contributed by atoms with Gasteiger partial charge in [-0.1, -0.05) is 24.0 Å². The number of anilines is 1. The van der Waals surface area contributed by atoms with Crippen molar-refractivity contribution in [1.82, 2.24) is 51.0 Å². The number of carbonyl (C=O) groups is 5. The summed E-state index contributed by atoms with van der Waals surface area (Å²) in [5, 5.41) is 30.9.